The molecule has 26 heavy (non-hydrogen) atoms. The number of carbonyl (C=O) groups is 2. The van der Waals surface area contributed by atoms with E-state index in [4.69, 9.17) is 14.3 Å². The van der Waals surface area contributed by atoms with Crippen LogP contribution in [0, 0.1) is 11.3 Å². The van der Waals surface area contributed by atoms with Crippen LogP contribution < -0.4 is 0 Å². The summed E-state index contributed by atoms with van der Waals surface area (Å²) in [5.41, 5.74) is 0.101. The van der Waals surface area contributed by atoms with Crippen molar-refractivity contribution in [1.29, 1.82) is 0 Å². The molecule has 2 aliphatic rings. The van der Waals surface area contributed by atoms with Crippen LogP contribution in [-0.2, 0) is 23.9 Å². The molecule has 2 aromatic rings. The van der Waals surface area contributed by atoms with Gasteiger partial charge in [0.15, 0.2) is 5.41 Å². The molecule has 0 amide bonds. The second-order valence-electron chi connectivity index (χ2n) is 6.67. The third kappa shape index (κ3) is 2.14. The minimum Gasteiger partial charge on any atom is -0.468 e. The monoisotopic (exact) mass is 353 g/mol. The van der Waals surface area contributed by atoms with E-state index in [2.05, 4.69) is 5.16 Å². The first kappa shape index (κ1) is 16.6. The molecule has 0 unspecified atom stereocenters. The van der Waals surface area contributed by atoms with E-state index >= 15 is 0 Å². The van der Waals surface area contributed by atoms with Crippen LogP contribution in [0.15, 0.2) is 47.6 Å². The van der Waals surface area contributed by atoms with Crippen molar-refractivity contribution in [1.82, 2.24) is 0 Å². The summed E-state index contributed by atoms with van der Waals surface area (Å²) < 4.78 is 10.1. The quantitative estimate of drug-likeness (QED) is 0.626. The van der Waals surface area contributed by atoms with Gasteiger partial charge in [0.25, 0.3) is 0 Å². The van der Waals surface area contributed by atoms with Crippen LogP contribution >= 0.6 is 0 Å². The maximum absolute atomic E-state index is 12.9. The van der Waals surface area contributed by atoms with Gasteiger partial charge >= 0.3 is 11.9 Å². The molecule has 1 heterocycles. The van der Waals surface area contributed by atoms with Gasteiger partial charge in [0.2, 0.25) is 0 Å². The fourth-order valence-electron chi connectivity index (χ4n) is 4.35. The fraction of sp³-hybridized carbons (Fsp3) is 0.350. The number of hydrogen-bond donors (Lipinski definition) is 0. The van der Waals surface area contributed by atoms with E-state index in [-0.39, 0.29) is 12.3 Å². The highest BCUT2D eigenvalue weighted by atomic mass is 16.6. The third-order valence-corrected chi connectivity index (χ3v) is 5.45. The minimum atomic E-state index is -1.46. The maximum Gasteiger partial charge on any atom is 0.324 e. The SMILES string of the molecule is COC(=O)C1(C(=O)OC)C[C@H]2CON=C2[C@@H]1c1cccc2ccccc12. The first-order valence-corrected chi connectivity index (χ1v) is 8.47. The van der Waals surface area contributed by atoms with Crippen molar-refractivity contribution >= 4 is 28.4 Å². The molecule has 2 atom stereocenters. The van der Waals surface area contributed by atoms with Crippen molar-refractivity contribution in [3.63, 3.8) is 0 Å². The van der Waals surface area contributed by atoms with Gasteiger partial charge in [-0.05, 0) is 22.8 Å². The Kier molecular flexibility index (Phi) is 3.90. The van der Waals surface area contributed by atoms with Gasteiger partial charge in [-0.2, -0.15) is 0 Å². The Hall–Kier alpha value is -2.89. The predicted molar refractivity (Wildman–Crippen MR) is 94.6 cm³/mol. The highest BCUT2D eigenvalue weighted by Crippen LogP contribution is 2.54. The number of carbonyl (C=O) groups excluding carboxylic acids is 2. The second kappa shape index (κ2) is 6.12. The molecule has 0 radical (unpaired) electrons. The van der Waals surface area contributed by atoms with Crippen molar-refractivity contribution in [2.24, 2.45) is 16.5 Å². The fourth-order valence-corrected chi connectivity index (χ4v) is 4.35. The summed E-state index contributed by atoms with van der Waals surface area (Å²) in [5.74, 6) is -1.89. The van der Waals surface area contributed by atoms with Crippen LogP contribution in [0.3, 0.4) is 0 Å². The molecule has 0 spiro atoms. The van der Waals surface area contributed by atoms with Crippen molar-refractivity contribution in [2.75, 3.05) is 20.8 Å². The second-order valence-corrected chi connectivity index (χ2v) is 6.67. The first-order chi connectivity index (χ1) is 12.6. The molecule has 1 aliphatic heterocycles. The maximum atomic E-state index is 12.9. The zero-order chi connectivity index (χ0) is 18.3. The molecule has 0 aromatic heterocycles. The summed E-state index contributed by atoms with van der Waals surface area (Å²) in [6.45, 7) is 0.354. The van der Waals surface area contributed by atoms with E-state index in [1.54, 1.807) is 0 Å². The number of esters is 2. The molecular formula is C20H19NO5. The average molecular weight is 353 g/mol. The van der Waals surface area contributed by atoms with Gasteiger partial charge in [0, 0.05) is 5.92 Å². The molecule has 1 saturated carbocycles. The van der Waals surface area contributed by atoms with E-state index in [1.165, 1.54) is 14.2 Å². The Morgan fingerprint density at radius 3 is 2.50 bits per heavy atom. The lowest BCUT2D eigenvalue weighted by Crippen LogP contribution is -2.44. The molecule has 4 rings (SSSR count). The van der Waals surface area contributed by atoms with E-state index in [0.29, 0.717) is 12.3 Å². The van der Waals surface area contributed by atoms with Crippen molar-refractivity contribution in [3.05, 3.63) is 48.0 Å². The number of fused-ring (bicyclic) bond motifs is 2. The normalized spacial score (nSPS) is 23.1. The molecule has 0 N–H and O–H groups in total. The summed E-state index contributed by atoms with van der Waals surface area (Å²) in [7, 11) is 2.58. The minimum absolute atomic E-state index is 0.114. The molecule has 6 nitrogen and oxygen atoms in total. The first-order valence-electron chi connectivity index (χ1n) is 8.47. The van der Waals surface area contributed by atoms with Crippen LogP contribution in [0.1, 0.15) is 17.9 Å². The van der Waals surface area contributed by atoms with Crippen LogP contribution in [0.25, 0.3) is 10.8 Å². The molecule has 1 aliphatic carbocycles. The van der Waals surface area contributed by atoms with Gasteiger partial charge in [0.05, 0.1) is 25.8 Å². The molecule has 134 valence electrons. The highest BCUT2D eigenvalue weighted by molar-refractivity contribution is 6.13. The molecule has 2 aromatic carbocycles. The van der Waals surface area contributed by atoms with Gasteiger partial charge in [-0.1, -0.05) is 47.6 Å². The Morgan fingerprint density at radius 1 is 1.08 bits per heavy atom. The summed E-state index contributed by atoms with van der Waals surface area (Å²) >= 11 is 0. The van der Waals surface area contributed by atoms with E-state index < -0.39 is 23.3 Å². The molecule has 1 fully saturated rings. The van der Waals surface area contributed by atoms with E-state index in [1.807, 2.05) is 42.5 Å². The van der Waals surface area contributed by atoms with E-state index in [9.17, 15) is 9.59 Å². The van der Waals surface area contributed by atoms with Gasteiger partial charge < -0.3 is 14.3 Å². The molecule has 0 bridgehead atoms. The number of nitrogens with zero attached hydrogens (tertiary/aromatic N) is 1. The third-order valence-electron chi connectivity index (χ3n) is 5.45. The van der Waals surface area contributed by atoms with Crippen LogP contribution in [-0.4, -0.2) is 38.5 Å². The zero-order valence-corrected chi connectivity index (χ0v) is 14.6. The average Bonchev–Trinajstić information content (AvgIpc) is 3.25. The Morgan fingerprint density at radius 2 is 1.77 bits per heavy atom. The number of methoxy groups -OCH3 is 2. The standard InChI is InChI=1S/C20H19NO5/c1-24-18(22)20(19(23)25-2)10-13-11-26-21-17(13)16(20)15-9-5-7-12-6-3-4-8-14(12)15/h3-9,13,16H,10-11H2,1-2H3/t13-,16-/m0/s1. The van der Waals surface area contributed by atoms with Crippen molar-refractivity contribution < 1.29 is 23.9 Å². The summed E-state index contributed by atoms with van der Waals surface area (Å²) in [6, 6.07) is 13.7. The lowest BCUT2D eigenvalue weighted by Gasteiger charge is -2.30. The Bertz CT molecular complexity index is 898. The Labute approximate surface area is 150 Å². The van der Waals surface area contributed by atoms with Gasteiger partial charge in [0.1, 0.15) is 6.61 Å². The number of benzene rings is 2. The van der Waals surface area contributed by atoms with E-state index in [0.717, 1.165) is 16.3 Å². The lowest BCUT2D eigenvalue weighted by atomic mass is 9.72. The lowest BCUT2D eigenvalue weighted by molar-refractivity contribution is -0.170. The topological polar surface area (TPSA) is 74.2 Å². The highest BCUT2D eigenvalue weighted by Gasteiger charge is 2.65. The van der Waals surface area contributed by atoms with Gasteiger partial charge in [-0.25, -0.2) is 0 Å². The molecular weight excluding hydrogens is 334 g/mol. The van der Waals surface area contributed by atoms with Crippen molar-refractivity contribution in [2.45, 2.75) is 12.3 Å². The number of oxime groups is 1. The predicted octanol–water partition coefficient (Wildman–Crippen LogP) is 2.66. The molecule has 0 saturated heterocycles. The number of ether oxygens (including phenoxy) is 2. The van der Waals surface area contributed by atoms with Crippen molar-refractivity contribution in [3.8, 4) is 0 Å². The van der Waals surface area contributed by atoms with Gasteiger partial charge in [-0.15, -0.1) is 0 Å². The largest absolute Gasteiger partial charge is 0.468 e. The van der Waals surface area contributed by atoms with Crippen LogP contribution in [0.5, 0.6) is 0 Å². The molecule has 6 heteroatoms. The number of rotatable bonds is 3. The Balaban J connectivity index is 2.00. The number of hydrogen-bond acceptors (Lipinski definition) is 6. The van der Waals surface area contributed by atoms with Gasteiger partial charge in [-0.3, -0.25) is 9.59 Å². The van der Waals surface area contributed by atoms with Crippen LogP contribution in [0.2, 0.25) is 0 Å². The summed E-state index contributed by atoms with van der Waals surface area (Å²) in [5, 5.41) is 6.18. The zero-order valence-electron chi connectivity index (χ0n) is 14.6. The van der Waals surface area contributed by atoms with Crippen LogP contribution in [0.4, 0.5) is 0 Å². The smallest absolute Gasteiger partial charge is 0.324 e. The summed E-state index contributed by atoms with van der Waals surface area (Å²) in [6.07, 6.45) is 0.263. The summed E-state index contributed by atoms with van der Waals surface area (Å²) in [4.78, 5) is 31.0.